The van der Waals surface area contributed by atoms with E-state index in [1.54, 1.807) is 4.90 Å². The number of benzene rings is 1. The number of hydrogen-bond donors (Lipinski definition) is 0. The zero-order chi connectivity index (χ0) is 17.8. The minimum absolute atomic E-state index is 0.0159. The average Bonchev–Trinajstić information content (AvgIpc) is 2.66. The summed E-state index contributed by atoms with van der Waals surface area (Å²) in [5.74, 6) is -0.709. The number of esters is 1. The summed E-state index contributed by atoms with van der Waals surface area (Å²) in [6, 6.07) is 9.35. The molecule has 7 nitrogen and oxygen atoms in total. The van der Waals surface area contributed by atoms with Crippen LogP contribution in [0.1, 0.15) is 18.4 Å². The quantitative estimate of drug-likeness (QED) is 0.774. The van der Waals surface area contributed by atoms with E-state index in [4.69, 9.17) is 9.47 Å². The van der Waals surface area contributed by atoms with Gasteiger partial charge in [0.25, 0.3) is 0 Å². The number of piperidine rings is 1. The molecule has 2 aliphatic heterocycles. The van der Waals surface area contributed by atoms with Crippen LogP contribution >= 0.6 is 0 Å². The molecule has 3 rings (SSSR count). The molecule has 0 N–H and O–H groups in total. The van der Waals surface area contributed by atoms with Crippen LogP contribution in [0.5, 0.6) is 0 Å². The molecule has 0 bridgehead atoms. The number of ether oxygens (including phenoxy) is 2. The second-order valence-electron chi connectivity index (χ2n) is 6.42. The number of carbonyl (C=O) groups excluding carboxylic acids is 3. The van der Waals surface area contributed by atoms with Crippen molar-refractivity contribution in [3.63, 3.8) is 0 Å². The molecule has 0 saturated carbocycles. The first-order valence-electron chi connectivity index (χ1n) is 8.41. The summed E-state index contributed by atoms with van der Waals surface area (Å²) in [7, 11) is 1.36. The lowest BCUT2D eigenvalue weighted by Crippen LogP contribution is -2.61. The molecular weight excluding hydrogens is 324 g/mol. The van der Waals surface area contributed by atoms with Gasteiger partial charge in [0.2, 0.25) is 5.91 Å². The lowest BCUT2D eigenvalue weighted by molar-refractivity contribution is -0.153. The first-order chi connectivity index (χ1) is 12.1. The third-order valence-corrected chi connectivity index (χ3v) is 4.78. The van der Waals surface area contributed by atoms with Crippen LogP contribution in [0.3, 0.4) is 0 Å². The molecule has 0 aromatic heterocycles. The van der Waals surface area contributed by atoms with E-state index in [2.05, 4.69) is 0 Å². The average molecular weight is 346 g/mol. The number of fused-ring (bicyclic) bond motifs is 1. The fourth-order valence-corrected chi connectivity index (χ4v) is 3.40. The van der Waals surface area contributed by atoms with Gasteiger partial charge in [-0.15, -0.1) is 0 Å². The van der Waals surface area contributed by atoms with E-state index < -0.39 is 6.09 Å². The normalized spacial score (nSPS) is 23.0. The van der Waals surface area contributed by atoms with Gasteiger partial charge in [-0.1, -0.05) is 30.3 Å². The Morgan fingerprint density at radius 3 is 2.64 bits per heavy atom. The standard InChI is InChI=1S/C18H22N2O5/c1-24-17(22)14-7-8-15-10-19(11-16(21)20(15)9-14)18(23)25-12-13-5-3-2-4-6-13/h2-6,14-15H,7-12H2,1H3/t14-,15-/m1/s1. The van der Waals surface area contributed by atoms with Crippen LogP contribution in [-0.4, -0.2) is 60.6 Å². The zero-order valence-electron chi connectivity index (χ0n) is 14.2. The summed E-state index contributed by atoms with van der Waals surface area (Å²) in [5, 5.41) is 0. The zero-order valence-corrected chi connectivity index (χ0v) is 14.2. The molecule has 2 aliphatic rings. The van der Waals surface area contributed by atoms with Crippen molar-refractivity contribution < 1.29 is 23.9 Å². The fourth-order valence-electron chi connectivity index (χ4n) is 3.40. The Morgan fingerprint density at radius 1 is 1.16 bits per heavy atom. The Bertz CT molecular complexity index is 648. The maximum absolute atomic E-state index is 12.4. The smallest absolute Gasteiger partial charge is 0.410 e. The molecule has 2 amide bonds. The molecule has 2 atom stereocenters. The molecule has 25 heavy (non-hydrogen) atoms. The van der Waals surface area contributed by atoms with Gasteiger partial charge in [0.05, 0.1) is 13.0 Å². The minimum atomic E-state index is -0.480. The summed E-state index contributed by atoms with van der Waals surface area (Å²) >= 11 is 0. The predicted octanol–water partition coefficient (Wildman–Crippen LogP) is 1.42. The van der Waals surface area contributed by atoms with Gasteiger partial charge in [0.1, 0.15) is 13.2 Å². The van der Waals surface area contributed by atoms with Gasteiger partial charge in [0.15, 0.2) is 0 Å². The molecule has 2 saturated heterocycles. The summed E-state index contributed by atoms with van der Waals surface area (Å²) < 4.78 is 10.1. The maximum Gasteiger partial charge on any atom is 0.410 e. The van der Waals surface area contributed by atoms with Crippen molar-refractivity contribution in [2.45, 2.75) is 25.5 Å². The monoisotopic (exact) mass is 346 g/mol. The third-order valence-electron chi connectivity index (χ3n) is 4.78. The second-order valence-corrected chi connectivity index (χ2v) is 6.42. The Hall–Kier alpha value is -2.57. The van der Waals surface area contributed by atoms with Crippen LogP contribution in [0.2, 0.25) is 0 Å². The van der Waals surface area contributed by atoms with E-state index in [0.717, 1.165) is 5.56 Å². The van der Waals surface area contributed by atoms with Crippen LogP contribution in [0.25, 0.3) is 0 Å². The van der Waals surface area contributed by atoms with Crippen molar-refractivity contribution in [2.75, 3.05) is 26.7 Å². The van der Waals surface area contributed by atoms with Gasteiger partial charge in [0, 0.05) is 19.1 Å². The number of piperazine rings is 1. The first-order valence-corrected chi connectivity index (χ1v) is 8.41. The number of amides is 2. The Balaban J connectivity index is 1.56. The number of rotatable bonds is 3. The number of methoxy groups -OCH3 is 1. The largest absolute Gasteiger partial charge is 0.469 e. The molecule has 2 heterocycles. The highest BCUT2D eigenvalue weighted by Crippen LogP contribution is 2.26. The summed E-state index contributed by atoms with van der Waals surface area (Å²) in [6.45, 7) is 0.970. The van der Waals surface area contributed by atoms with Crippen molar-refractivity contribution in [2.24, 2.45) is 5.92 Å². The predicted molar refractivity (Wildman–Crippen MR) is 88.4 cm³/mol. The van der Waals surface area contributed by atoms with E-state index in [1.165, 1.54) is 12.0 Å². The minimum Gasteiger partial charge on any atom is -0.469 e. The molecule has 0 aliphatic carbocycles. The van der Waals surface area contributed by atoms with Crippen LogP contribution in [-0.2, 0) is 25.7 Å². The summed E-state index contributed by atoms with van der Waals surface area (Å²) in [6.07, 6.45) is 0.856. The highest BCUT2D eigenvalue weighted by Gasteiger charge is 2.41. The highest BCUT2D eigenvalue weighted by molar-refractivity contribution is 5.85. The Labute approximate surface area is 146 Å². The molecule has 0 unspecified atom stereocenters. The third kappa shape index (κ3) is 3.92. The first kappa shape index (κ1) is 17.3. The van der Waals surface area contributed by atoms with Crippen molar-refractivity contribution >= 4 is 18.0 Å². The molecule has 1 aromatic rings. The Kier molecular flexibility index (Phi) is 5.21. The van der Waals surface area contributed by atoms with Crippen molar-refractivity contribution in [1.29, 1.82) is 0 Å². The van der Waals surface area contributed by atoms with Crippen molar-refractivity contribution in [1.82, 2.24) is 9.80 Å². The van der Waals surface area contributed by atoms with E-state index in [-0.39, 0.29) is 37.0 Å². The number of hydrogen-bond acceptors (Lipinski definition) is 5. The molecule has 1 aromatic carbocycles. The maximum atomic E-state index is 12.4. The summed E-state index contributed by atoms with van der Waals surface area (Å²) in [5.41, 5.74) is 0.902. The van der Waals surface area contributed by atoms with E-state index in [9.17, 15) is 14.4 Å². The molecule has 0 spiro atoms. The Morgan fingerprint density at radius 2 is 1.92 bits per heavy atom. The van der Waals surface area contributed by atoms with Crippen molar-refractivity contribution in [3.05, 3.63) is 35.9 Å². The lowest BCUT2D eigenvalue weighted by Gasteiger charge is -2.44. The molecule has 0 radical (unpaired) electrons. The molecule has 7 heteroatoms. The van der Waals surface area contributed by atoms with E-state index in [0.29, 0.717) is 25.9 Å². The molecular formula is C18H22N2O5. The van der Waals surface area contributed by atoms with Crippen molar-refractivity contribution in [3.8, 4) is 0 Å². The topological polar surface area (TPSA) is 76.1 Å². The van der Waals surface area contributed by atoms with Gasteiger partial charge in [-0.3, -0.25) is 14.5 Å². The van der Waals surface area contributed by atoms with E-state index in [1.807, 2.05) is 30.3 Å². The second kappa shape index (κ2) is 7.55. The fraction of sp³-hybridized carbons (Fsp3) is 0.500. The van der Waals surface area contributed by atoms with Crippen LogP contribution in [0.15, 0.2) is 30.3 Å². The lowest BCUT2D eigenvalue weighted by atomic mass is 9.91. The van der Waals surface area contributed by atoms with Gasteiger partial charge in [-0.2, -0.15) is 0 Å². The van der Waals surface area contributed by atoms with Gasteiger partial charge in [-0.25, -0.2) is 4.79 Å². The van der Waals surface area contributed by atoms with Crippen LogP contribution in [0, 0.1) is 5.92 Å². The summed E-state index contributed by atoms with van der Waals surface area (Å²) in [4.78, 5) is 39.5. The van der Waals surface area contributed by atoms with Gasteiger partial charge >= 0.3 is 12.1 Å². The SMILES string of the molecule is COC(=O)[C@@H]1CC[C@@H]2CN(C(=O)OCc3ccccc3)CC(=O)N2C1. The van der Waals surface area contributed by atoms with Crippen LogP contribution in [0.4, 0.5) is 4.79 Å². The van der Waals surface area contributed by atoms with E-state index >= 15 is 0 Å². The molecule has 2 fully saturated rings. The molecule has 134 valence electrons. The number of nitrogens with zero attached hydrogens (tertiary/aromatic N) is 2. The van der Waals surface area contributed by atoms with Gasteiger partial charge in [-0.05, 0) is 18.4 Å². The highest BCUT2D eigenvalue weighted by atomic mass is 16.6. The van der Waals surface area contributed by atoms with Gasteiger partial charge < -0.3 is 14.4 Å². The van der Waals surface area contributed by atoms with Crippen LogP contribution < -0.4 is 0 Å². The number of carbonyl (C=O) groups is 3.